The van der Waals surface area contributed by atoms with Gasteiger partial charge in [0, 0.05) is 39.6 Å². The van der Waals surface area contributed by atoms with E-state index in [1.54, 1.807) is 23.9 Å². The van der Waals surface area contributed by atoms with Crippen molar-refractivity contribution in [1.29, 1.82) is 0 Å². The third kappa shape index (κ3) is 3.89. The molecule has 1 rings (SSSR count). The van der Waals surface area contributed by atoms with Crippen molar-refractivity contribution < 1.29 is 14.7 Å². The Hall–Kier alpha value is -1.30. The lowest BCUT2D eigenvalue weighted by Crippen LogP contribution is -2.46. The second-order valence-electron chi connectivity index (χ2n) is 4.45. The summed E-state index contributed by atoms with van der Waals surface area (Å²) < 4.78 is 0. The van der Waals surface area contributed by atoms with Crippen LogP contribution in [0.2, 0.25) is 0 Å². The molecule has 1 heterocycles. The van der Waals surface area contributed by atoms with Gasteiger partial charge in [-0.05, 0) is 12.8 Å². The maximum Gasteiger partial charge on any atom is 0.319 e. The zero-order valence-corrected chi connectivity index (χ0v) is 10.5. The van der Waals surface area contributed by atoms with Gasteiger partial charge in [0.2, 0.25) is 5.91 Å². The number of nitrogens with one attached hydrogen (secondary N) is 1. The Morgan fingerprint density at radius 3 is 2.41 bits per heavy atom. The Labute approximate surface area is 102 Å². The third-order valence-corrected chi connectivity index (χ3v) is 2.93. The second-order valence-corrected chi connectivity index (χ2v) is 4.45. The van der Waals surface area contributed by atoms with Crippen LogP contribution in [0.5, 0.6) is 0 Å². The molecular formula is C11H21N3O3. The largest absolute Gasteiger partial charge is 0.395 e. The Morgan fingerprint density at radius 1 is 1.35 bits per heavy atom. The van der Waals surface area contributed by atoms with E-state index in [4.69, 9.17) is 5.11 Å². The summed E-state index contributed by atoms with van der Waals surface area (Å²) in [6.07, 6.45) is 1.38. The summed E-state index contributed by atoms with van der Waals surface area (Å²) in [5.74, 6) is -0.0521. The lowest BCUT2D eigenvalue weighted by molar-refractivity contribution is -0.126. The molecule has 0 spiro atoms. The quantitative estimate of drug-likeness (QED) is 0.701. The number of piperidine rings is 1. The minimum Gasteiger partial charge on any atom is -0.395 e. The fraction of sp³-hybridized carbons (Fsp3) is 0.818. The number of carbonyl (C=O) groups excluding carboxylic acids is 2. The third-order valence-electron chi connectivity index (χ3n) is 2.93. The molecule has 6 heteroatoms. The van der Waals surface area contributed by atoms with Gasteiger partial charge in [0.15, 0.2) is 0 Å². The van der Waals surface area contributed by atoms with Crippen molar-refractivity contribution in [3.63, 3.8) is 0 Å². The minimum atomic E-state index is -0.0380. The number of urea groups is 1. The summed E-state index contributed by atoms with van der Waals surface area (Å²) in [5, 5.41) is 11.3. The van der Waals surface area contributed by atoms with Gasteiger partial charge in [0.25, 0.3) is 0 Å². The first kappa shape index (κ1) is 13.8. The zero-order chi connectivity index (χ0) is 12.8. The summed E-state index contributed by atoms with van der Waals surface area (Å²) >= 11 is 0. The molecule has 0 saturated carbocycles. The van der Waals surface area contributed by atoms with Crippen LogP contribution in [0.25, 0.3) is 0 Å². The van der Waals surface area contributed by atoms with Crippen LogP contribution in [-0.4, -0.2) is 67.2 Å². The molecule has 0 aliphatic carbocycles. The Morgan fingerprint density at radius 2 is 1.94 bits per heavy atom. The van der Waals surface area contributed by atoms with E-state index < -0.39 is 0 Å². The van der Waals surface area contributed by atoms with E-state index in [9.17, 15) is 9.59 Å². The fourth-order valence-electron chi connectivity index (χ4n) is 1.94. The first-order valence-corrected chi connectivity index (χ1v) is 5.91. The van der Waals surface area contributed by atoms with Gasteiger partial charge < -0.3 is 20.2 Å². The van der Waals surface area contributed by atoms with Crippen LogP contribution in [0.1, 0.15) is 12.8 Å². The van der Waals surface area contributed by atoms with Crippen LogP contribution >= 0.6 is 0 Å². The van der Waals surface area contributed by atoms with Gasteiger partial charge in [-0.15, -0.1) is 0 Å². The Kier molecular flexibility index (Phi) is 5.21. The highest BCUT2D eigenvalue weighted by Gasteiger charge is 2.27. The SMILES string of the molecule is CN(C)C(=O)N1CCC(C(=O)NCCO)CC1. The number of carbonyl (C=O) groups is 2. The number of hydrogen-bond donors (Lipinski definition) is 2. The van der Waals surface area contributed by atoms with Crippen molar-refractivity contribution >= 4 is 11.9 Å². The summed E-state index contributed by atoms with van der Waals surface area (Å²) in [7, 11) is 3.45. The molecule has 0 aromatic rings. The van der Waals surface area contributed by atoms with E-state index in [0.717, 1.165) is 0 Å². The molecule has 0 aromatic heterocycles. The number of aliphatic hydroxyl groups excluding tert-OH is 1. The average molecular weight is 243 g/mol. The van der Waals surface area contributed by atoms with Crippen LogP contribution < -0.4 is 5.32 Å². The van der Waals surface area contributed by atoms with E-state index in [0.29, 0.717) is 32.5 Å². The van der Waals surface area contributed by atoms with Crippen molar-refractivity contribution in [3.8, 4) is 0 Å². The molecule has 0 aromatic carbocycles. The average Bonchev–Trinajstić information content (AvgIpc) is 2.35. The predicted molar refractivity (Wildman–Crippen MR) is 63.5 cm³/mol. The molecule has 17 heavy (non-hydrogen) atoms. The molecular weight excluding hydrogens is 222 g/mol. The number of aliphatic hydroxyl groups is 1. The molecule has 1 saturated heterocycles. The highest BCUT2D eigenvalue weighted by molar-refractivity contribution is 5.79. The maximum absolute atomic E-state index is 11.7. The second kappa shape index (κ2) is 6.44. The standard InChI is InChI=1S/C11H21N3O3/c1-13(2)11(17)14-6-3-9(4-7-14)10(16)12-5-8-15/h9,15H,3-8H2,1-2H3,(H,12,16). The number of nitrogens with zero attached hydrogens (tertiary/aromatic N) is 2. The normalized spacial score (nSPS) is 16.8. The highest BCUT2D eigenvalue weighted by atomic mass is 16.3. The molecule has 1 aliphatic rings. The number of rotatable bonds is 3. The van der Waals surface area contributed by atoms with Gasteiger partial charge >= 0.3 is 6.03 Å². The van der Waals surface area contributed by atoms with E-state index in [1.807, 2.05) is 0 Å². The van der Waals surface area contributed by atoms with Gasteiger partial charge in [0.05, 0.1) is 6.61 Å². The number of hydrogen-bond acceptors (Lipinski definition) is 3. The smallest absolute Gasteiger partial charge is 0.319 e. The summed E-state index contributed by atoms with van der Waals surface area (Å²) in [6.45, 7) is 1.50. The van der Waals surface area contributed by atoms with E-state index >= 15 is 0 Å². The first-order valence-electron chi connectivity index (χ1n) is 5.91. The van der Waals surface area contributed by atoms with Crippen molar-refractivity contribution in [2.24, 2.45) is 5.92 Å². The maximum atomic E-state index is 11.7. The molecule has 2 N–H and O–H groups in total. The van der Waals surface area contributed by atoms with Gasteiger partial charge in [0.1, 0.15) is 0 Å². The Balaban J connectivity index is 2.35. The summed E-state index contributed by atoms with van der Waals surface area (Å²) in [4.78, 5) is 26.6. The molecule has 0 bridgehead atoms. The van der Waals surface area contributed by atoms with Crippen LogP contribution in [0.3, 0.4) is 0 Å². The first-order chi connectivity index (χ1) is 8.06. The van der Waals surface area contributed by atoms with Crippen molar-refractivity contribution in [3.05, 3.63) is 0 Å². The summed E-state index contributed by atoms with van der Waals surface area (Å²) in [6, 6.07) is -0.000726. The van der Waals surface area contributed by atoms with E-state index in [1.165, 1.54) is 0 Å². The molecule has 0 unspecified atom stereocenters. The molecule has 0 radical (unpaired) electrons. The van der Waals surface area contributed by atoms with Crippen molar-refractivity contribution in [2.75, 3.05) is 40.3 Å². The zero-order valence-electron chi connectivity index (χ0n) is 10.5. The Bertz CT molecular complexity index is 273. The molecule has 98 valence electrons. The topological polar surface area (TPSA) is 72.9 Å². The van der Waals surface area contributed by atoms with Gasteiger partial charge in [-0.2, -0.15) is 0 Å². The lowest BCUT2D eigenvalue weighted by Gasteiger charge is -2.33. The molecule has 3 amide bonds. The van der Waals surface area contributed by atoms with Crippen LogP contribution in [-0.2, 0) is 4.79 Å². The van der Waals surface area contributed by atoms with Gasteiger partial charge in [-0.3, -0.25) is 4.79 Å². The number of likely N-dealkylation sites (tertiary alicyclic amines) is 1. The van der Waals surface area contributed by atoms with Crippen molar-refractivity contribution in [1.82, 2.24) is 15.1 Å². The van der Waals surface area contributed by atoms with E-state index in [2.05, 4.69) is 5.32 Å². The monoisotopic (exact) mass is 243 g/mol. The van der Waals surface area contributed by atoms with Gasteiger partial charge in [-0.25, -0.2) is 4.79 Å². The molecule has 6 nitrogen and oxygen atoms in total. The highest BCUT2D eigenvalue weighted by Crippen LogP contribution is 2.17. The van der Waals surface area contributed by atoms with Crippen LogP contribution in [0, 0.1) is 5.92 Å². The van der Waals surface area contributed by atoms with Crippen molar-refractivity contribution in [2.45, 2.75) is 12.8 Å². The van der Waals surface area contributed by atoms with E-state index in [-0.39, 0.29) is 24.5 Å². The molecule has 0 atom stereocenters. The van der Waals surface area contributed by atoms with Crippen LogP contribution in [0.4, 0.5) is 4.79 Å². The number of amides is 3. The lowest BCUT2D eigenvalue weighted by atomic mass is 9.96. The molecule has 1 fully saturated rings. The fourth-order valence-corrected chi connectivity index (χ4v) is 1.94. The van der Waals surface area contributed by atoms with Gasteiger partial charge in [-0.1, -0.05) is 0 Å². The minimum absolute atomic E-state index is 0.000726. The molecule has 1 aliphatic heterocycles. The summed E-state index contributed by atoms with van der Waals surface area (Å²) in [5.41, 5.74) is 0. The van der Waals surface area contributed by atoms with Crippen LogP contribution in [0.15, 0.2) is 0 Å². The predicted octanol–water partition coefficient (Wildman–Crippen LogP) is -0.511.